The van der Waals surface area contributed by atoms with Gasteiger partial charge in [0.2, 0.25) is 0 Å². The van der Waals surface area contributed by atoms with Gasteiger partial charge in [-0.25, -0.2) is 0 Å². The highest BCUT2D eigenvalue weighted by Crippen LogP contribution is 2.29. The average molecular weight is 244 g/mol. The first-order valence-corrected chi connectivity index (χ1v) is 5.22. The lowest BCUT2D eigenvalue weighted by molar-refractivity contribution is 0.475. The second kappa shape index (κ2) is 5.87. The maximum atomic E-state index is 9.26. The molecule has 1 aromatic rings. The molecule has 4 heteroatoms. The van der Waals surface area contributed by atoms with Crippen molar-refractivity contribution in [2.75, 3.05) is 13.6 Å². The van der Waals surface area contributed by atoms with Gasteiger partial charge in [0, 0.05) is 24.6 Å². The molecule has 0 spiro atoms. The minimum absolute atomic E-state index is 0.0255. The van der Waals surface area contributed by atoms with Crippen LogP contribution < -0.4 is 5.32 Å². The quantitative estimate of drug-likeness (QED) is 0.619. The molecule has 2 N–H and O–H groups in total. The van der Waals surface area contributed by atoms with Crippen molar-refractivity contribution < 1.29 is 5.11 Å². The second-order valence-corrected chi connectivity index (χ2v) is 3.75. The van der Waals surface area contributed by atoms with Gasteiger partial charge in [-0.2, -0.15) is 0 Å². The van der Waals surface area contributed by atoms with E-state index in [2.05, 4.69) is 17.2 Å². The zero-order valence-corrected chi connectivity index (χ0v) is 9.78. The van der Waals surface area contributed by atoms with E-state index >= 15 is 0 Å². The first kappa shape index (κ1) is 12.2. The predicted octanol–water partition coefficient (Wildman–Crippen LogP) is 2.66. The van der Waals surface area contributed by atoms with Crippen LogP contribution >= 0.6 is 23.2 Å². The standard InChI is InChI=1S/C11H11Cl2NO/c1-14-5-3-2-4-8-6-10(13)11(15)7-9(8)12/h6-7,14-15H,3,5H2,1H3. The van der Waals surface area contributed by atoms with E-state index in [1.807, 2.05) is 7.05 Å². The van der Waals surface area contributed by atoms with Crippen LogP contribution in [0.2, 0.25) is 10.0 Å². The van der Waals surface area contributed by atoms with Crippen LogP contribution in [0.5, 0.6) is 5.75 Å². The Hall–Kier alpha value is -0.880. The van der Waals surface area contributed by atoms with Gasteiger partial charge >= 0.3 is 0 Å². The van der Waals surface area contributed by atoms with E-state index in [9.17, 15) is 5.11 Å². The monoisotopic (exact) mass is 243 g/mol. The van der Waals surface area contributed by atoms with Gasteiger partial charge in [0.15, 0.2) is 0 Å². The molecule has 0 bridgehead atoms. The summed E-state index contributed by atoms with van der Waals surface area (Å²) in [6.45, 7) is 0.830. The number of phenols is 1. The molecule has 0 unspecified atom stereocenters. The molecule has 0 fully saturated rings. The van der Waals surface area contributed by atoms with E-state index in [1.54, 1.807) is 6.07 Å². The molecule has 1 aromatic carbocycles. The van der Waals surface area contributed by atoms with E-state index in [0.717, 1.165) is 13.0 Å². The highest BCUT2D eigenvalue weighted by Gasteiger charge is 2.03. The van der Waals surface area contributed by atoms with E-state index in [4.69, 9.17) is 23.2 Å². The van der Waals surface area contributed by atoms with Crippen LogP contribution in [-0.2, 0) is 0 Å². The lowest BCUT2D eigenvalue weighted by Crippen LogP contribution is -2.05. The Morgan fingerprint density at radius 2 is 2.07 bits per heavy atom. The summed E-state index contributed by atoms with van der Waals surface area (Å²) >= 11 is 11.6. The van der Waals surface area contributed by atoms with Gasteiger partial charge in [0.25, 0.3) is 0 Å². The molecule has 80 valence electrons. The van der Waals surface area contributed by atoms with Gasteiger partial charge in [0.1, 0.15) is 5.75 Å². The maximum absolute atomic E-state index is 9.26. The number of nitrogens with one attached hydrogen (secondary N) is 1. The summed E-state index contributed by atoms with van der Waals surface area (Å²) < 4.78 is 0. The number of hydrogen-bond donors (Lipinski definition) is 2. The van der Waals surface area contributed by atoms with Gasteiger partial charge < -0.3 is 10.4 Å². The number of rotatable bonds is 2. The molecule has 0 aliphatic heterocycles. The van der Waals surface area contributed by atoms with Crippen molar-refractivity contribution >= 4 is 23.2 Å². The Bertz CT molecular complexity index is 407. The minimum atomic E-state index is -0.0255. The van der Waals surface area contributed by atoms with Crippen LogP contribution in [0.1, 0.15) is 12.0 Å². The molecule has 0 atom stereocenters. The van der Waals surface area contributed by atoms with Crippen molar-refractivity contribution in [1.82, 2.24) is 5.32 Å². The Morgan fingerprint density at radius 3 is 2.73 bits per heavy atom. The normalized spacial score (nSPS) is 9.53. The van der Waals surface area contributed by atoms with Crippen LogP contribution in [-0.4, -0.2) is 18.7 Å². The zero-order chi connectivity index (χ0) is 11.3. The van der Waals surface area contributed by atoms with Crippen LogP contribution in [0.25, 0.3) is 0 Å². The van der Waals surface area contributed by atoms with Crippen molar-refractivity contribution in [1.29, 1.82) is 0 Å². The summed E-state index contributed by atoms with van der Waals surface area (Å²) in [6.07, 6.45) is 0.741. The molecular weight excluding hydrogens is 233 g/mol. The SMILES string of the molecule is CNCCC#Cc1cc(Cl)c(O)cc1Cl. The Morgan fingerprint density at radius 1 is 1.33 bits per heavy atom. The third-order valence-corrected chi connectivity index (χ3v) is 2.37. The fourth-order valence-corrected chi connectivity index (χ4v) is 1.35. The summed E-state index contributed by atoms with van der Waals surface area (Å²) in [6, 6.07) is 2.96. The van der Waals surface area contributed by atoms with Crippen molar-refractivity contribution in [2.24, 2.45) is 0 Å². The Kier molecular flexibility index (Phi) is 4.77. The number of phenolic OH excluding ortho intramolecular Hbond substituents is 1. The predicted molar refractivity (Wildman–Crippen MR) is 63.5 cm³/mol. The first-order valence-electron chi connectivity index (χ1n) is 4.46. The van der Waals surface area contributed by atoms with E-state index in [-0.39, 0.29) is 10.8 Å². The number of aromatic hydroxyl groups is 1. The number of hydrogen-bond acceptors (Lipinski definition) is 2. The molecule has 15 heavy (non-hydrogen) atoms. The fraction of sp³-hybridized carbons (Fsp3) is 0.273. The highest BCUT2D eigenvalue weighted by atomic mass is 35.5. The summed E-state index contributed by atoms with van der Waals surface area (Å²) in [5, 5.41) is 12.9. The molecule has 0 aliphatic rings. The average Bonchev–Trinajstić information content (AvgIpc) is 2.20. The smallest absolute Gasteiger partial charge is 0.135 e. The lowest BCUT2D eigenvalue weighted by atomic mass is 10.2. The molecule has 0 saturated heterocycles. The summed E-state index contributed by atoms with van der Waals surface area (Å²) in [7, 11) is 1.87. The topological polar surface area (TPSA) is 32.3 Å². The van der Waals surface area contributed by atoms with Crippen LogP contribution in [0.4, 0.5) is 0 Å². The van der Waals surface area contributed by atoms with Gasteiger partial charge in [-0.15, -0.1) is 0 Å². The lowest BCUT2D eigenvalue weighted by Gasteiger charge is -1.99. The first-order chi connectivity index (χ1) is 7.15. The van der Waals surface area contributed by atoms with Crippen molar-refractivity contribution in [3.63, 3.8) is 0 Å². The highest BCUT2D eigenvalue weighted by molar-refractivity contribution is 6.35. The summed E-state index contributed by atoms with van der Waals surface area (Å²) in [5.74, 6) is 5.83. The van der Waals surface area contributed by atoms with Crippen LogP contribution in [0.3, 0.4) is 0 Å². The fourth-order valence-electron chi connectivity index (χ4n) is 0.977. The van der Waals surface area contributed by atoms with Crippen molar-refractivity contribution in [2.45, 2.75) is 6.42 Å². The van der Waals surface area contributed by atoms with E-state index in [0.29, 0.717) is 10.6 Å². The maximum Gasteiger partial charge on any atom is 0.135 e. The van der Waals surface area contributed by atoms with Crippen LogP contribution in [0.15, 0.2) is 12.1 Å². The number of halogens is 2. The molecule has 0 aliphatic carbocycles. The van der Waals surface area contributed by atoms with Gasteiger partial charge in [-0.3, -0.25) is 0 Å². The van der Waals surface area contributed by atoms with E-state index < -0.39 is 0 Å². The molecule has 0 heterocycles. The molecule has 2 nitrogen and oxygen atoms in total. The van der Waals surface area contributed by atoms with Gasteiger partial charge in [-0.05, 0) is 13.1 Å². The Balaban J connectivity index is 2.84. The molecular formula is C11H11Cl2NO. The largest absolute Gasteiger partial charge is 0.506 e. The van der Waals surface area contributed by atoms with E-state index in [1.165, 1.54) is 6.07 Å². The summed E-state index contributed by atoms with van der Waals surface area (Å²) in [4.78, 5) is 0. The number of benzene rings is 1. The van der Waals surface area contributed by atoms with Crippen LogP contribution in [0, 0.1) is 11.8 Å². The van der Waals surface area contributed by atoms with Gasteiger partial charge in [-0.1, -0.05) is 35.0 Å². The Labute approximate surface area is 99.2 Å². The van der Waals surface area contributed by atoms with Gasteiger partial charge in [0.05, 0.1) is 10.0 Å². The third-order valence-electron chi connectivity index (χ3n) is 1.76. The molecule has 0 aromatic heterocycles. The molecule has 0 amide bonds. The van der Waals surface area contributed by atoms with Crippen molar-refractivity contribution in [3.8, 4) is 17.6 Å². The molecule has 1 rings (SSSR count). The zero-order valence-electron chi connectivity index (χ0n) is 8.27. The third kappa shape index (κ3) is 3.64. The van der Waals surface area contributed by atoms with Crippen molar-refractivity contribution in [3.05, 3.63) is 27.7 Å². The molecule has 0 radical (unpaired) electrons. The minimum Gasteiger partial charge on any atom is -0.506 e. The second-order valence-electron chi connectivity index (χ2n) is 2.94. The molecule has 0 saturated carbocycles. The summed E-state index contributed by atoms with van der Waals surface area (Å²) in [5.41, 5.74) is 0.635.